The number of rotatable bonds is 6. The molecule has 0 spiro atoms. The summed E-state index contributed by atoms with van der Waals surface area (Å²) >= 11 is 0. The quantitative estimate of drug-likeness (QED) is 0.804. The molecule has 0 bridgehead atoms. The molecule has 0 fully saturated rings. The smallest absolute Gasteiger partial charge is 0.244 e. The molecule has 1 aromatic carbocycles. The number of hydrogen-bond acceptors (Lipinski definition) is 4. The zero-order chi connectivity index (χ0) is 17.7. The minimum Gasteiger partial charge on any atom is -0.493 e. The average molecular weight is 332 g/mol. The molecule has 0 aliphatic carbocycles. The summed E-state index contributed by atoms with van der Waals surface area (Å²) in [6, 6.07) is 3.86. The van der Waals surface area contributed by atoms with Crippen molar-refractivity contribution in [2.75, 3.05) is 27.2 Å². The van der Waals surface area contributed by atoms with E-state index in [1.54, 1.807) is 20.2 Å². The molecule has 0 aromatic heterocycles. The van der Waals surface area contributed by atoms with Gasteiger partial charge in [-0.25, -0.2) is 0 Å². The van der Waals surface area contributed by atoms with Crippen molar-refractivity contribution in [1.29, 1.82) is 0 Å². The second kappa shape index (κ2) is 7.86. The average Bonchev–Trinajstić information content (AvgIpc) is 2.89. The van der Waals surface area contributed by atoms with Crippen molar-refractivity contribution in [2.24, 2.45) is 0 Å². The number of ether oxygens (including phenoxy) is 2. The predicted octanol–water partition coefficient (Wildman–Crippen LogP) is 1.63. The molecule has 130 valence electrons. The third-order valence-corrected chi connectivity index (χ3v) is 3.66. The molecule has 0 saturated carbocycles. The van der Waals surface area contributed by atoms with E-state index < -0.39 is 0 Å². The van der Waals surface area contributed by atoms with Gasteiger partial charge in [0.2, 0.25) is 11.8 Å². The molecule has 1 atom stereocenters. The molecule has 0 saturated heterocycles. The van der Waals surface area contributed by atoms with Crippen LogP contribution in [0.4, 0.5) is 0 Å². The number of nitrogens with one attached hydrogen (secondary N) is 1. The van der Waals surface area contributed by atoms with Crippen LogP contribution in [0.15, 0.2) is 18.2 Å². The van der Waals surface area contributed by atoms with E-state index in [4.69, 9.17) is 9.47 Å². The third-order valence-electron chi connectivity index (χ3n) is 3.66. The summed E-state index contributed by atoms with van der Waals surface area (Å²) in [5.41, 5.74) is 1.89. The van der Waals surface area contributed by atoms with E-state index in [1.165, 1.54) is 11.0 Å². The van der Waals surface area contributed by atoms with E-state index in [-0.39, 0.29) is 24.5 Å². The molecule has 1 aliphatic heterocycles. The lowest BCUT2D eigenvalue weighted by molar-refractivity contribution is -0.129. The van der Waals surface area contributed by atoms with E-state index in [0.717, 1.165) is 29.0 Å². The third kappa shape index (κ3) is 4.50. The summed E-state index contributed by atoms with van der Waals surface area (Å²) in [6.07, 6.45) is 4.07. The normalized spacial score (nSPS) is 15.8. The molecule has 1 aliphatic rings. The largest absolute Gasteiger partial charge is 0.493 e. The van der Waals surface area contributed by atoms with E-state index in [2.05, 4.69) is 5.32 Å². The molecular weight excluding hydrogens is 308 g/mol. The highest BCUT2D eigenvalue weighted by Gasteiger charge is 2.21. The number of nitrogens with zero attached hydrogens (tertiary/aromatic N) is 1. The fourth-order valence-electron chi connectivity index (χ4n) is 2.41. The molecule has 0 unspecified atom stereocenters. The zero-order valence-electron chi connectivity index (χ0n) is 14.6. The Balaban J connectivity index is 2.09. The number of carbonyl (C=O) groups excluding carboxylic acids is 2. The van der Waals surface area contributed by atoms with Gasteiger partial charge in [-0.3, -0.25) is 9.59 Å². The maximum Gasteiger partial charge on any atom is 0.244 e. The lowest BCUT2D eigenvalue weighted by Crippen LogP contribution is -2.35. The number of benzene rings is 1. The van der Waals surface area contributed by atoms with Crippen LogP contribution < -0.4 is 14.8 Å². The number of amides is 2. The summed E-state index contributed by atoms with van der Waals surface area (Å²) in [5, 5.41) is 2.56. The van der Waals surface area contributed by atoms with Gasteiger partial charge in [-0.1, -0.05) is 0 Å². The standard InChI is InChI=1S/C18H24N2O4/c1-5-23-15-10-14-8-12(2)24-16(14)9-13(15)6-7-17(21)19-11-18(22)20(3)4/h6-7,9-10,12H,5,8,11H2,1-4H3,(H,19,21)/b7-6+/t12-/m0/s1. The van der Waals surface area contributed by atoms with E-state index in [9.17, 15) is 9.59 Å². The Hall–Kier alpha value is -2.50. The van der Waals surface area contributed by atoms with Gasteiger partial charge in [0.15, 0.2) is 0 Å². The van der Waals surface area contributed by atoms with Crippen LogP contribution in [0.5, 0.6) is 11.5 Å². The van der Waals surface area contributed by atoms with E-state index >= 15 is 0 Å². The Bertz CT molecular complexity index is 653. The number of likely N-dealkylation sites (N-methyl/N-ethyl adjacent to an activating group) is 1. The Morgan fingerprint density at radius 1 is 1.42 bits per heavy atom. The van der Waals surface area contributed by atoms with Gasteiger partial charge in [0.1, 0.15) is 17.6 Å². The summed E-state index contributed by atoms with van der Waals surface area (Å²) < 4.78 is 11.4. The maximum absolute atomic E-state index is 11.9. The number of carbonyl (C=O) groups is 2. The first-order valence-electron chi connectivity index (χ1n) is 8.03. The maximum atomic E-state index is 11.9. The Morgan fingerprint density at radius 3 is 2.83 bits per heavy atom. The van der Waals surface area contributed by atoms with Gasteiger partial charge >= 0.3 is 0 Å². The Kier molecular flexibility index (Phi) is 5.84. The number of fused-ring (bicyclic) bond motifs is 1. The van der Waals surface area contributed by atoms with Crippen LogP contribution in [0, 0.1) is 0 Å². The number of hydrogen-bond donors (Lipinski definition) is 1. The second-order valence-corrected chi connectivity index (χ2v) is 5.90. The van der Waals surface area contributed by atoms with Gasteiger partial charge in [-0.05, 0) is 32.1 Å². The lowest BCUT2D eigenvalue weighted by atomic mass is 10.1. The zero-order valence-corrected chi connectivity index (χ0v) is 14.6. The molecule has 0 radical (unpaired) electrons. The van der Waals surface area contributed by atoms with Crippen LogP contribution in [0.1, 0.15) is 25.0 Å². The molecule has 1 N–H and O–H groups in total. The highest BCUT2D eigenvalue weighted by atomic mass is 16.5. The van der Waals surface area contributed by atoms with Crippen molar-refractivity contribution >= 4 is 17.9 Å². The molecule has 6 heteroatoms. The topological polar surface area (TPSA) is 67.9 Å². The van der Waals surface area contributed by atoms with Gasteiger partial charge in [-0.15, -0.1) is 0 Å². The van der Waals surface area contributed by atoms with Crippen LogP contribution in [-0.4, -0.2) is 50.1 Å². The van der Waals surface area contributed by atoms with Crippen molar-refractivity contribution in [1.82, 2.24) is 10.2 Å². The summed E-state index contributed by atoms with van der Waals surface area (Å²) in [5.74, 6) is 1.06. The van der Waals surface area contributed by atoms with Gasteiger partial charge in [0.25, 0.3) is 0 Å². The van der Waals surface area contributed by atoms with Crippen LogP contribution in [0.3, 0.4) is 0 Å². The van der Waals surface area contributed by atoms with Crippen molar-refractivity contribution in [3.8, 4) is 11.5 Å². The first-order valence-corrected chi connectivity index (χ1v) is 8.03. The molecule has 1 heterocycles. The van der Waals surface area contributed by atoms with Gasteiger partial charge < -0.3 is 19.7 Å². The van der Waals surface area contributed by atoms with Gasteiger partial charge in [0, 0.05) is 37.7 Å². The van der Waals surface area contributed by atoms with Crippen molar-refractivity contribution in [3.05, 3.63) is 29.3 Å². The Labute approximate surface area is 142 Å². The van der Waals surface area contributed by atoms with Crippen LogP contribution in [0.25, 0.3) is 6.08 Å². The minimum atomic E-state index is -0.331. The molecule has 2 amide bonds. The molecule has 6 nitrogen and oxygen atoms in total. The predicted molar refractivity (Wildman–Crippen MR) is 92.1 cm³/mol. The van der Waals surface area contributed by atoms with Crippen LogP contribution in [0.2, 0.25) is 0 Å². The SMILES string of the molecule is CCOc1cc2c(cc1/C=C/C(=O)NCC(=O)N(C)C)O[C@@H](C)C2. The van der Waals surface area contributed by atoms with Crippen LogP contribution >= 0.6 is 0 Å². The molecule has 24 heavy (non-hydrogen) atoms. The van der Waals surface area contributed by atoms with E-state index in [0.29, 0.717) is 6.61 Å². The van der Waals surface area contributed by atoms with Crippen molar-refractivity contribution in [2.45, 2.75) is 26.4 Å². The summed E-state index contributed by atoms with van der Waals surface area (Å²) in [4.78, 5) is 24.8. The monoisotopic (exact) mass is 332 g/mol. The minimum absolute atomic E-state index is 0.0285. The van der Waals surface area contributed by atoms with Crippen molar-refractivity contribution in [3.63, 3.8) is 0 Å². The fourth-order valence-corrected chi connectivity index (χ4v) is 2.41. The van der Waals surface area contributed by atoms with E-state index in [1.807, 2.05) is 26.0 Å². The summed E-state index contributed by atoms with van der Waals surface area (Å²) in [6.45, 7) is 4.45. The highest BCUT2D eigenvalue weighted by molar-refractivity contribution is 5.94. The molecule has 1 aromatic rings. The highest BCUT2D eigenvalue weighted by Crippen LogP contribution is 2.35. The first-order chi connectivity index (χ1) is 11.4. The van der Waals surface area contributed by atoms with Gasteiger partial charge in [0.05, 0.1) is 13.2 Å². The second-order valence-electron chi connectivity index (χ2n) is 5.90. The molecular formula is C18H24N2O4. The summed E-state index contributed by atoms with van der Waals surface area (Å²) in [7, 11) is 3.29. The van der Waals surface area contributed by atoms with Crippen LogP contribution in [-0.2, 0) is 16.0 Å². The lowest BCUT2D eigenvalue weighted by Gasteiger charge is -2.11. The van der Waals surface area contributed by atoms with Crippen molar-refractivity contribution < 1.29 is 19.1 Å². The first kappa shape index (κ1) is 17.8. The fraction of sp³-hybridized carbons (Fsp3) is 0.444. The van der Waals surface area contributed by atoms with Gasteiger partial charge in [-0.2, -0.15) is 0 Å². The Morgan fingerprint density at radius 2 is 2.17 bits per heavy atom. The molecule has 2 rings (SSSR count).